The lowest BCUT2D eigenvalue weighted by molar-refractivity contribution is 0.399. The number of methoxy groups -OCH3 is 1. The zero-order valence-electron chi connectivity index (χ0n) is 10.8. The predicted octanol–water partition coefficient (Wildman–Crippen LogP) is 3.38. The van der Waals surface area contributed by atoms with Crippen LogP contribution in [-0.2, 0) is 0 Å². The molecule has 3 heterocycles. The molecule has 1 N–H and O–H groups in total. The Morgan fingerprint density at radius 1 is 1.10 bits per heavy atom. The lowest BCUT2D eigenvalue weighted by atomic mass is 10.2. The van der Waals surface area contributed by atoms with Gasteiger partial charge in [-0.1, -0.05) is 18.2 Å². The Morgan fingerprint density at radius 2 is 2.00 bits per heavy atom. The fourth-order valence-electron chi connectivity index (χ4n) is 2.20. The Labute approximate surface area is 114 Å². The first-order chi connectivity index (χ1) is 9.83. The topological polar surface area (TPSA) is 63.9 Å². The standard InChI is InChI=1S/C15H11N3O2/c1-19-13-7-6-10-14(17-13)18-15(16-10)12-8-9-4-2-3-5-11(9)20-12/h2-8H,1H3,(H,16,17,18). The molecule has 0 amide bonds. The van der Waals surface area contributed by atoms with Gasteiger partial charge in [0.15, 0.2) is 17.2 Å². The third-order valence-electron chi connectivity index (χ3n) is 3.19. The normalized spacial score (nSPS) is 11.2. The quantitative estimate of drug-likeness (QED) is 0.603. The zero-order valence-corrected chi connectivity index (χ0v) is 10.8. The van der Waals surface area contributed by atoms with E-state index in [9.17, 15) is 0 Å². The van der Waals surface area contributed by atoms with Crippen molar-refractivity contribution >= 4 is 22.1 Å². The van der Waals surface area contributed by atoms with Crippen molar-refractivity contribution in [3.05, 3.63) is 42.5 Å². The van der Waals surface area contributed by atoms with Crippen LogP contribution >= 0.6 is 0 Å². The summed E-state index contributed by atoms with van der Waals surface area (Å²) in [6.07, 6.45) is 0. The van der Waals surface area contributed by atoms with Crippen molar-refractivity contribution in [3.8, 4) is 17.5 Å². The molecule has 20 heavy (non-hydrogen) atoms. The van der Waals surface area contributed by atoms with Crippen LogP contribution in [0, 0.1) is 0 Å². The molecule has 3 aromatic heterocycles. The average molecular weight is 265 g/mol. The zero-order chi connectivity index (χ0) is 13.5. The number of rotatable bonds is 2. The number of hydrogen-bond donors (Lipinski definition) is 1. The van der Waals surface area contributed by atoms with Gasteiger partial charge in [-0.25, -0.2) is 4.98 Å². The van der Waals surface area contributed by atoms with E-state index in [2.05, 4.69) is 15.0 Å². The van der Waals surface area contributed by atoms with E-state index in [4.69, 9.17) is 9.15 Å². The van der Waals surface area contributed by atoms with Crippen LogP contribution in [0.2, 0.25) is 0 Å². The first-order valence-electron chi connectivity index (χ1n) is 6.23. The molecular formula is C15H11N3O2. The minimum absolute atomic E-state index is 0.542. The van der Waals surface area contributed by atoms with Crippen LogP contribution in [0.3, 0.4) is 0 Å². The summed E-state index contributed by atoms with van der Waals surface area (Å²) in [5, 5.41) is 1.05. The van der Waals surface area contributed by atoms with E-state index in [1.807, 2.05) is 36.4 Å². The van der Waals surface area contributed by atoms with Crippen molar-refractivity contribution in [2.75, 3.05) is 7.11 Å². The van der Waals surface area contributed by atoms with Crippen molar-refractivity contribution in [2.45, 2.75) is 0 Å². The SMILES string of the molecule is COc1ccc2[nH]c(-c3cc4ccccc4o3)nc2n1. The van der Waals surface area contributed by atoms with Gasteiger partial charge in [-0.15, -0.1) is 0 Å². The Morgan fingerprint density at radius 3 is 2.85 bits per heavy atom. The third kappa shape index (κ3) is 1.64. The van der Waals surface area contributed by atoms with E-state index >= 15 is 0 Å². The number of fused-ring (bicyclic) bond motifs is 2. The van der Waals surface area contributed by atoms with Crippen LogP contribution in [0.1, 0.15) is 0 Å². The molecule has 5 nitrogen and oxygen atoms in total. The van der Waals surface area contributed by atoms with E-state index in [-0.39, 0.29) is 0 Å². The summed E-state index contributed by atoms with van der Waals surface area (Å²) >= 11 is 0. The Kier molecular flexibility index (Phi) is 2.26. The van der Waals surface area contributed by atoms with E-state index in [0.717, 1.165) is 16.5 Å². The number of benzene rings is 1. The second kappa shape index (κ2) is 4.09. The number of aromatic nitrogens is 3. The summed E-state index contributed by atoms with van der Waals surface area (Å²) in [6, 6.07) is 13.5. The maximum atomic E-state index is 5.79. The first kappa shape index (κ1) is 11.0. The van der Waals surface area contributed by atoms with E-state index in [0.29, 0.717) is 23.1 Å². The van der Waals surface area contributed by atoms with Gasteiger partial charge in [-0.2, -0.15) is 4.98 Å². The summed E-state index contributed by atoms with van der Waals surface area (Å²) in [6.45, 7) is 0. The molecule has 0 aliphatic heterocycles. The minimum Gasteiger partial charge on any atom is -0.481 e. The minimum atomic E-state index is 0.542. The smallest absolute Gasteiger partial charge is 0.215 e. The molecule has 0 aliphatic rings. The van der Waals surface area contributed by atoms with Gasteiger partial charge in [-0.3, -0.25) is 0 Å². The van der Waals surface area contributed by atoms with Crippen molar-refractivity contribution in [2.24, 2.45) is 0 Å². The van der Waals surface area contributed by atoms with E-state index < -0.39 is 0 Å². The molecule has 0 spiro atoms. The summed E-state index contributed by atoms with van der Waals surface area (Å²) in [4.78, 5) is 11.9. The van der Waals surface area contributed by atoms with Gasteiger partial charge in [-0.05, 0) is 18.2 Å². The number of aromatic amines is 1. The number of nitrogens with one attached hydrogen (secondary N) is 1. The molecule has 0 aliphatic carbocycles. The van der Waals surface area contributed by atoms with Gasteiger partial charge in [0.2, 0.25) is 5.88 Å². The molecule has 4 rings (SSSR count). The maximum absolute atomic E-state index is 5.79. The average Bonchev–Trinajstić information content (AvgIpc) is 3.09. The van der Waals surface area contributed by atoms with Crippen molar-refractivity contribution < 1.29 is 9.15 Å². The highest BCUT2D eigenvalue weighted by Crippen LogP contribution is 2.27. The number of pyridine rings is 1. The van der Waals surface area contributed by atoms with E-state index in [1.54, 1.807) is 13.2 Å². The van der Waals surface area contributed by atoms with Gasteiger partial charge in [0.1, 0.15) is 5.58 Å². The molecule has 0 unspecified atom stereocenters. The maximum Gasteiger partial charge on any atom is 0.215 e. The summed E-state index contributed by atoms with van der Waals surface area (Å²) < 4.78 is 10.9. The fourth-order valence-corrected chi connectivity index (χ4v) is 2.20. The number of furan rings is 1. The molecule has 5 heteroatoms. The van der Waals surface area contributed by atoms with Crippen LogP contribution in [0.25, 0.3) is 33.7 Å². The Hall–Kier alpha value is -2.82. The Bertz CT molecular complexity index is 875. The number of H-pyrrole nitrogens is 1. The molecular weight excluding hydrogens is 254 g/mol. The fraction of sp³-hybridized carbons (Fsp3) is 0.0667. The highest BCUT2D eigenvalue weighted by molar-refractivity contribution is 5.83. The number of ether oxygens (including phenoxy) is 1. The number of nitrogens with zero attached hydrogens (tertiary/aromatic N) is 2. The number of hydrogen-bond acceptors (Lipinski definition) is 4. The second-order valence-corrected chi connectivity index (χ2v) is 4.46. The molecule has 0 atom stereocenters. The van der Waals surface area contributed by atoms with Crippen molar-refractivity contribution in [1.82, 2.24) is 15.0 Å². The van der Waals surface area contributed by atoms with Crippen LogP contribution in [0.4, 0.5) is 0 Å². The second-order valence-electron chi connectivity index (χ2n) is 4.46. The lowest BCUT2D eigenvalue weighted by Gasteiger charge is -1.95. The lowest BCUT2D eigenvalue weighted by Crippen LogP contribution is -1.86. The molecule has 0 radical (unpaired) electrons. The monoisotopic (exact) mass is 265 g/mol. The van der Waals surface area contributed by atoms with Crippen LogP contribution in [0.5, 0.6) is 5.88 Å². The molecule has 4 aromatic rings. The number of para-hydroxylation sites is 1. The predicted molar refractivity (Wildman–Crippen MR) is 75.6 cm³/mol. The molecule has 0 saturated heterocycles. The first-order valence-corrected chi connectivity index (χ1v) is 6.23. The molecule has 98 valence electrons. The van der Waals surface area contributed by atoms with Crippen LogP contribution in [0.15, 0.2) is 46.9 Å². The highest BCUT2D eigenvalue weighted by Gasteiger charge is 2.11. The molecule has 1 aromatic carbocycles. The van der Waals surface area contributed by atoms with Gasteiger partial charge in [0.05, 0.1) is 12.6 Å². The highest BCUT2D eigenvalue weighted by atomic mass is 16.5. The third-order valence-corrected chi connectivity index (χ3v) is 3.19. The van der Waals surface area contributed by atoms with Gasteiger partial charge in [0.25, 0.3) is 0 Å². The summed E-state index contributed by atoms with van der Waals surface area (Å²) in [5.41, 5.74) is 2.30. The number of imidazole rings is 1. The van der Waals surface area contributed by atoms with Gasteiger partial charge >= 0.3 is 0 Å². The summed E-state index contributed by atoms with van der Waals surface area (Å²) in [7, 11) is 1.58. The van der Waals surface area contributed by atoms with Gasteiger partial charge < -0.3 is 14.1 Å². The largest absolute Gasteiger partial charge is 0.481 e. The Balaban J connectivity index is 1.88. The molecule has 0 bridgehead atoms. The van der Waals surface area contributed by atoms with Crippen molar-refractivity contribution in [1.29, 1.82) is 0 Å². The molecule has 0 fully saturated rings. The van der Waals surface area contributed by atoms with Gasteiger partial charge in [0, 0.05) is 11.5 Å². The van der Waals surface area contributed by atoms with E-state index in [1.165, 1.54) is 0 Å². The van der Waals surface area contributed by atoms with Crippen LogP contribution in [-0.4, -0.2) is 22.1 Å². The van der Waals surface area contributed by atoms with Crippen LogP contribution < -0.4 is 4.74 Å². The van der Waals surface area contributed by atoms with Crippen molar-refractivity contribution in [3.63, 3.8) is 0 Å². The summed E-state index contributed by atoms with van der Waals surface area (Å²) in [5.74, 6) is 1.90. The molecule has 0 saturated carbocycles.